The summed E-state index contributed by atoms with van der Waals surface area (Å²) in [5.74, 6) is 1.20. The maximum atomic E-state index is 12.8. The van der Waals surface area contributed by atoms with Gasteiger partial charge in [-0.3, -0.25) is 4.79 Å². The van der Waals surface area contributed by atoms with Gasteiger partial charge in [0.05, 0.1) is 20.3 Å². The molecular formula is C24H29NO6. The molecule has 3 rings (SSSR count). The Morgan fingerprint density at radius 1 is 1.00 bits per heavy atom. The molecule has 0 radical (unpaired) electrons. The van der Waals surface area contributed by atoms with E-state index < -0.39 is 5.97 Å². The fraction of sp³-hybridized carbons (Fsp3) is 0.417. The minimum atomic E-state index is -0.581. The molecule has 1 fully saturated rings. The van der Waals surface area contributed by atoms with E-state index in [1.54, 1.807) is 19.1 Å². The molecular weight excluding hydrogens is 398 g/mol. The molecule has 31 heavy (non-hydrogen) atoms. The highest BCUT2D eigenvalue weighted by Gasteiger charge is 2.32. The van der Waals surface area contributed by atoms with Crippen LogP contribution >= 0.6 is 0 Å². The van der Waals surface area contributed by atoms with E-state index in [1.165, 1.54) is 0 Å². The molecule has 1 atom stereocenters. The number of carbonyl (C=O) groups is 2. The SMILES string of the molecule is COc1ccc(OC)c([C@H]2CCCN2C(=O)COC(=O)COc2ccc(C)cc2C)c1. The zero-order valence-corrected chi connectivity index (χ0v) is 18.5. The quantitative estimate of drug-likeness (QED) is 0.599. The van der Waals surface area contributed by atoms with Gasteiger partial charge < -0.3 is 23.8 Å². The van der Waals surface area contributed by atoms with Gasteiger partial charge in [-0.2, -0.15) is 0 Å². The fourth-order valence-electron chi connectivity index (χ4n) is 3.85. The summed E-state index contributed by atoms with van der Waals surface area (Å²) >= 11 is 0. The largest absolute Gasteiger partial charge is 0.497 e. The molecule has 0 aromatic heterocycles. The minimum Gasteiger partial charge on any atom is -0.497 e. The van der Waals surface area contributed by atoms with E-state index >= 15 is 0 Å². The van der Waals surface area contributed by atoms with Gasteiger partial charge in [-0.1, -0.05) is 17.7 Å². The lowest BCUT2D eigenvalue weighted by Crippen LogP contribution is -2.35. The van der Waals surface area contributed by atoms with Crippen LogP contribution in [-0.4, -0.2) is 50.8 Å². The van der Waals surface area contributed by atoms with Crippen LogP contribution in [0.1, 0.15) is 35.6 Å². The molecule has 0 unspecified atom stereocenters. The number of methoxy groups -OCH3 is 2. The Balaban J connectivity index is 1.58. The summed E-state index contributed by atoms with van der Waals surface area (Å²) in [5.41, 5.74) is 2.94. The molecule has 0 spiro atoms. The Labute approximate surface area is 182 Å². The van der Waals surface area contributed by atoms with Gasteiger partial charge in [0, 0.05) is 12.1 Å². The number of esters is 1. The van der Waals surface area contributed by atoms with Crippen LogP contribution in [0.25, 0.3) is 0 Å². The fourth-order valence-corrected chi connectivity index (χ4v) is 3.85. The molecule has 1 saturated heterocycles. The number of amides is 1. The maximum absolute atomic E-state index is 12.8. The average Bonchev–Trinajstić information content (AvgIpc) is 3.26. The number of aryl methyl sites for hydroxylation is 2. The van der Waals surface area contributed by atoms with Crippen LogP contribution in [0.4, 0.5) is 0 Å². The van der Waals surface area contributed by atoms with Gasteiger partial charge >= 0.3 is 5.97 Å². The van der Waals surface area contributed by atoms with Gasteiger partial charge in [-0.25, -0.2) is 4.79 Å². The molecule has 0 bridgehead atoms. The standard InChI is InChI=1S/C24H29NO6/c1-16-7-9-21(17(2)12-16)30-15-24(27)31-14-23(26)25-11-5-6-20(25)19-13-18(28-3)8-10-22(19)29-4/h7-10,12-13,20H,5-6,11,14-15H2,1-4H3/t20-/m1/s1. The highest BCUT2D eigenvalue weighted by molar-refractivity contribution is 5.81. The number of rotatable bonds is 8. The van der Waals surface area contributed by atoms with Crippen LogP contribution in [0.2, 0.25) is 0 Å². The van der Waals surface area contributed by atoms with Crippen molar-refractivity contribution in [3.05, 3.63) is 53.1 Å². The highest BCUT2D eigenvalue weighted by Crippen LogP contribution is 2.38. The summed E-state index contributed by atoms with van der Waals surface area (Å²) in [6.45, 7) is 3.93. The second kappa shape index (κ2) is 10.2. The van der Waals surface area contributed by atoms with E-state index in [1.807, 2.05) is 50.2 Å². The summed E-state index contributed by atoms with van der Waals surface area (Å²) in [7, 11) is 3.20. The Bertz CT molecular complexity index is 942. The lowest BCUT2D eigenvalue weighted by molar-refractivity contribution is -0.154. The van der Waals surface area contributed by atoms with Gasteiger partial charge in [-0.05, 0) is 56.5 Å². The van der Waals surface area contributed by atoms with Crippen molar-refractivity contribution in [3.8, 4) is 17.2 Å². The molecule has 1 aliphatic heterocycles. The summed E-state index contributed by atoms with van der Waals surface area (Å²) in [4.78, 5) is 26.6. The molecule has 1 heterocycles. The summed E-state index contributed by atoms with van der Waals surface area (Å²) in [6, 6.07) is 11.1. The first kappa shape index (κ1) is 22.5. The third-order valence-electron chi connectivity index (χ3n) is 5.40. The van der Waals surface area contributed by atoms with Crippen LogP contribution in [0, 0.1) is 13.8 Å². The zero-order valence-electron chi connectivity index (χ0n) is 18.5. The normalized spacial score (nSPS) is 15.5. The molecule has 2 aromatic rings. The Morgan fingerprint density at radius 2 is 1.77 bits per heavy atom. The maximum Gasteiger partial charge on any atom is 0.344 e. The predicted octanol–water partition coefficient (Wildman–Crippen LogP) is 3.61. The van der Waals surface area contributed by atoms with Gasteiger partial charge in [-0.15, -0.1) is 0 Å². The monoisotopic (exact) mass is 427 g/mol. The molecule has 7 heteroatoms. The number of ether oxygens (including phenoxy) is 4. The molecule has 1 amide bonds. The van der Waals surface area contributed by atoms with Gasteiger partial charge in [0.1, 0.15) is 17.2 Å². The van der Waals surface area contributed by atoms with E-state index in [0.29, 0.717) is 23.8 Å². The molecule has 1 aliphatic rings. The van der Waals surface area contributed by atoms with E-state index in [9.17, 15) is 9.59 Å². The van der Waals surface area contributed by atoms with Crippen molar-refractivity contribution in [2.24, 2.45) is 0 Å². The second-order valence-electron chi connectivity index (χ2n) is 7.57. The third kappa shape index (κ3) is 5.48. The number of likely N-dealkylation sites (tertiary alicyclic amines) is 1. The Morgan fingerprint density at radius 3 is 2.48 bits per heavy atom. The molecule has 0 saturated carbocycles. The molecule has 0 N–H and O–H groups in total. The van der Waals surface area contributed by atoms with Crippen molar-refractivity contribution in [1.29, 1.82) is 0 Å². The van der Waals surface area contributed by atoms with Crippen molar-refractivity contribution in [3.63, 3.8) is 0 Å². The smallest absolute Gasteiger partial charge is 0.344 e. The average molecular weight is 427 g/mol. The molecule has 166 valence electrons. The summed E-state index contributed by atoms with van der Waals surface area (Å²) in [5, 5.41) is 0. The number of nitrogens with zero attached hydrogens (tertiary/aromatic N) is 1. The van der Waals surface area contributed by atoms with E-state index in [-0.39, 0.29) is 25.2 Å². The first-order valence-corrected chi connectivity index (χ1v) is 10.3. The number of carbonyl (C=O) groups excluding carboxylic acids is 2. The molecule has 7 nitrogen and oxygen atoms in total. The van der Waals surface area contributed by atoms with Gasteiger partial charge in [0.15, 0.2) is 13.2 Å². The number of hydrogen-bond acceptors (Lipinski definition) is 6. The van der Waals surface area contributed by atoms with Crippen LogP contribution in [0.5, 0.6) is 17.2 Å². The molecule has 2 aromatic carbocycles. The van der Waals surface area contributed by atoms with Gasteiger partial charge in [0.25, 0.3) is 5.91 Å². The van der Waals surface area contributed by atoms with Crippen LogP contribution in [0.15, 0.2) is 36.4 Å². The second-order valence-corrected chi connectivity index (χ2v) is 7.57. The zero-order chi connectivity index (χ0) is 22.4. The predicted molar refractivity (Wildman–Crippen MR) is 116 cm³/mol. The summed E-state index contributed by atoms with van der Waals surface area (Å²) in [6.07, 6.45) is 1.67. The van der Waals surface area contributed by atoms with Crippen molar-refractivity contribution in [1.82, 2.24) is 4.90 Å². The minimum absolute atomic E-state index is 0.150. The van der Waals surface area contributed by atoms with Crippen LogP contribution in [0.3, 0.4) is 0 Å². The van der Waals surface area contributed by atoms with E-state index in [4.69, 9.17) is 18.9 Å². The van der Waals surface area contributed by atoms with Crippen LogP contribution in [-0.2, 0) is 14.3 Å². The van der Waals surface area contributed by atoms with E-state index in [0.717, 1.165) is 29.5 Å². The Kier molecular flexibility index (Phi) is 7.39. The van der Waals surface area contributed by atoms with Crippen molar-refractivity contribution >= 4 is 11.9 Å². The lowest BCUT2D eigenvalue weighted by Gasteiger charge is -2.26. The van der Waals surface area contributed by atoms with Crippen molar-refractivity contribution in [2.75, 3.05) is 34.0 Å². The van der Waals surface area contributed by atoms with Gasteiger partial charge in [0.2, 0.25) is 0 Å². The summed E-state index contributed by atoms with van der Waals surface area (Å²) < 4.78 is 21.5. The third-order valence-corrected chi connectivity index (χ3v) is 5.40. The number of benzene rings is 2. The Hall–Kier alpha value is -3.22. The van der Waals surface area contributed by atoms with Crippen molar-refractivity contribution in [2.45, 2.75) is 32.7 Å². The number of hydrogen-bond donors (Lipinski definition) is 0. The lowest BCUT2D eigenvalue weighted by atomic mass is 10.0. The van der Waals surface area contributed by atoms with Crippen molar-refractivity contribution < 1.29 is 28.5 Å². The topological polar surface area (TPSA) is 74.3 Å². The molecule has 0 aliphatic carbocycles. The first-order valence-electron chi connectivity index (χ1n) is 10.3. The highest BCUT2D eigenvalue weighted by atomic mass is 16.6. The van der Waals surface area contributed by atoms with Crippen LogP contribution < -0.4 is 14.2 Å². The first-order chi connectivity index (χ1) is 14.9. The van der Waals surface area contributed by atoms with E-state index in [2.05, 4.69) is 0 Å².